The second-order valence-electron chi connectivity index (χ2n) is 6.76. The second-order valence-corrected chi connectivity index (χ2v) is 7.75. The number of amides is 3. The second kappa shape index (κ2) is 7.67. The number of likely N-dealkylation sites (tertiary alicyclic amines) is 1. The van der Waals surface area contributed by atoms with E-state index in [1.54, 1.807) is 18.1 Å². The summed E-state index contributed by atoms with van der Waals surface area (Å²) in [6, 6.07) is 11.4. The van der Waals surface area contributed by atoms with Gasteiger partial charge in [0.05, 0.1) is 12.0 Å². The van der Waals surface area contributed by atoms with Gasteiger partial charge in [-0.3, -0.25) is 19.3 Å². The van der Waals surface area contributed by atoms with Gasteiger partial charge in [-0.05, 0) is 47.7 Å². The van der Waals surface area contributed by atoms with Crippen LogP contribution in [0.1, 0.15) is 18.4 Å². The van der Waals surface area contributed by atoms with E-state index in [-0.39, 0.29) is 12.5 Å². The van der Waals surface area contributed by atoms with Crippen molar-refractivity contribution in [2.75, 3.05) is 26.7 Å². The zero-order valence-electron chi connectivity index (χ0n) is 15.5. The van der Waals surface area contributed by atoms with Crippen LogP contribution in [-0.2, 0) is 9.59 Å². The first kappa shape index (κ1) is 18.6. The van der Waals surface area contributed by atoms with Crippen molar-refractivity contribution in [1.82, 2.24) is 9.80 Å². The smallest absolute Gasteiger partial charge is 0.294 e. The van der Waals surface area contributed by atoms with E-state index in [0.29, 0.717) is 18.0 Å². The van der Waals surface area contributed by atoms with Gasteiger partial charge in [0, 0.05) is 18.5 Å². The number of methoxy groups -OCH3 is 1. The van der Waals surface area contributed by atoms with Crippen molar-refractivity contribution >= 4 is 45.7 Å². The van der Waals surface area contributed by atoms with E-state index in [0.717, 1.165) is 51.6 Å². The molecule has 2 aromatic carbocycles. The van der Waals surface area contributed by atoms with E-state index >= 15 is 0 Å². The van der Waals surface area contributed by atoms with Crippen LogP contribution >= 0.6 is 11.8 Å². The molecule has 6 nitrogen and oxygen atoms in total. The average molecular weight is 396 g/mol. The predicted molar refractivity (Wildman–Crippen MR) is 109 cm³/mol. The summed E-state index contributed by atoms with van der Waals surface area (Å²) >= 11 is 0.876. The highest BCUT2D eigenvalue weighted by Crippen LogP contribution is 2.35. The molecule has 0 radical (unpaired) electrons. The van der Waals surface area contributed by atoms with Crippen LogP contribution in [-0.4, -0.2) is 53.6 Å². The van der Waals surface area contributed by atoms with Crippen LogP contribution in [0.5, 0.6) is 5.75 Å². The highest BCUT2D eigenvalue weighted by molar-refractivity contribution is 8.18. The fourth-order valence-electron chi connectivity index (χ4n) is 3.58. The summed E-state index contributed by atoms with van der Waals surface area (Å²) in [4.78, 5) is 40.5. The van der Waals surface area contributed by atoms with Crippen LogP contribution in [0.15, 0.2) is 41.3 Å². The topological polar surface area (TPSA) is 66.9 Å². The lowest BCUT2D eigenvalue weighted by Gasteiger charge is -2.18. The summed E-state index contributed by atoms with van der Waals surface area (Å²) in [7, 11) is 1.62. The van der Waals surface area contributed by atoms with Gasteiger partial charge >= 0.3 is 0 Å². The number of ether oxygens (including phenoxy) is 1. The number of hydrogen-bond acceptors (Lipinski definition) is 5. The predicted octanol–water partition coefficient (Wildman–Crippen LogP) is 3.51. The Kier molecular flexibility index (Phi) is 5.09. The van der Waals surface area contributed by atoms with Crippen LogP contribution in [0.4, 0.5) is 4.79 Å². The maximum atomic E-state index is 12.8. The van der Waals surface area contributed by atoms with Gasteiger partial charge in [-0.25, -0.2) is 0 Å². The molecule has 2 fully saturated rings. The standard InChI is InChI=1S/C21H20N2O4S/c1-27-17-9-8-14(15-6-2-3-7-16(15)17)12-18-20(25)23(21(26)28-18)13-19(24)22-10-4-5-11-22/h2-3,6-9,12H,4-5,10-11,13H2,1H3/b18-12+. The monoisotopic (exact) mass is 396 g/mol. The Bertz CT molecular complexity index is 995. The zero-order chi connectivity index (χ0) is 19.7. The van der Waals surface area contributed by atoms with Gasteiger partial charge < -0.3 is 9.64 Å². The Balaban J connectivity index is 1.61. The van der Waals surface area contributed by atoms with E-state index in [4.69, 9.17) is 4.74 Å². The number of benzene rings is 2. The van der Waals surface area contributed by atoms with Crippen molar-refractivity contribution in [1.29, 1.82) is 0 Å². The van der Waals surface area contributed by atoms with Gasteiger partial charge in [0.2, 0.25) is 5.91 Å². The molecule has 3 amide bonds. The van der Waals surface area contributed by atoms with Crippen molar-refractivity contribution in [3.8, 4) is 5.75 Å². The van der Waals surface area contributed by atoms with E-state index < -0.39 is 11.1 Å². The van der Waals surface area contributed by atoms with Crippen molar-refractivity contribution in [3.05, 3.63) is 46.9 Å². The lowest BCUT2D eigenvalue weighted by Crippen LogP contribution is -2.40. The maximum absolute atomic E-state index is 12.8. The molecule has 2 aliphatic rings. The SMILES string of the molecule is COc1ccc(/C=C2/SC(=O)N(CC(=O)N3CCCC3)C2=O)c2ccccc12. The maximum Gasteiger partial charge on any atom is 0.294 e. The zero-order valence-corrected chi connectivity index (χ0v) is 16.3. The van der Waals surface area contributed by atoms with Gasteiger partial charge in [-0.15, -0.1) is 0 Å². The van der Waals surface area contributed by atoms with Crippen molar-refractivity contribution < 1.29 is 19.1 Å². The van der Waals surface area contributed by atoms with E-state index in [9.17, 15) is 14.4 Å². The van der Waals surface area contributed by atoms with Crippen molar-refractivity contribution in [3.63, 3.8) is 0 Å². The Labute approximate surface area is 167 Å². The molecular formula is C21H20N2O4S. The van der Waals surface area contributed by atoms with Gasteiger partial charge in [0.15, 0.2) is 0 Å². The highest BCUT2D eigenvalue weighted by Gasteiger charge is 2.37. The van der Waals surface area contributed by atoms with E-state index in [1.165, 1.54) is 0 Å². The van der Waals surface area contributed by atoms with Gasteiger partial charge in [-0.1, -0.05) is 30.3 Å². The molecule has 144 valence electrons. The van der Waals surface area contributed by atoms with Crippen molar-refractivity contribution in [2.24, 2.45) is 0 Å². The van der Waals surface area contributed by atoms with Crippen LogP contribution in [0.25, 0.3) is 16.8 Å². The third-order valence-electron chi connectivity index (χ3n) is 5.05. The molecule has 2 saturated heterocycles. The first-order chi connectivity index (χ1) is 13.6. The highest BCUT2D eigenvalue weighted by atomic mass is 32.2. The molecule has 0 unspecified atom stereocenters. The lowest BCUT2D eigenvalue weighted by molar-refractivity contribution is -0.135. The molecule has 0 spiro atoms. The number of fused-ring (bicyclic) bond motifs is 1. The molecule has 2 heterocycles. The fraction of sp³-hybridized carbons (Fsp3) is 0.286. The van der Waals surface area contributed by atoms with E-state index in [1.807, 2.05) is 36.4 Å². The van der Waals surface area contributed by atoms with Gasteiger partial charge in [0.25, 0.3) is 11.1 Å². The number of rotatable bonds is 4. The Morgan fingerprint density at radius 1 is 1.11 bits per heavy atom. The van der Waals surface area contributed by atoms with Crippen LogP contribution in [0.2, 0.25) is 0 Å². The lowest BCUT2D eigenvalue weighted by atomic mass is 10.0. The minimum Gasteiger partial charge on any atom is -0.496 e. The molecule has 0 atom stereocenters. The first-order valence-electron chi connectivity index (χ1n) is 9.17. The Hall–Kier alpha value is -2.80. The Morgan fingerprint density at radius 2 is 1.82 bits per heavy atom. The summed E-state index contributed by atoms with van der Waals surface area (Å²) in [6.07, 6.45) is 3.66. The molecule has 0 saturated carbocycles. The van der Waals surface area contributed by atoms with Crippen LogP contribution in [0.3, 0.4) is 0 Å². The first-order valence-corrected chi connectivity index (χ1v) is 9.99. The number of carbonyl (C=O) groups is 3. The third kappa shape index (κ3) is 3.38. The molecule has 0 bridgehead atoms. The van der Waals surface area contributed by atoms with Crippen LogP contribution < -0.4 is 4.74 Å². The number of nitrogens with zero attached hydrogens (tertiary/aromatic N) is 2. The van der Waals surface area contributed by atoms with Crippen molar-refractivity contribution in [2.45, 2.75) is 12.8 Å². The number of thioether (sulfide) groups is 1. The summed E-state index contributed by atoms with van der Waals surface area (Å²) in [6.45, 7) is 1.21. The molecule has 0 aromatic heterocycles. The quantitative estimate of drug-likeness (QED) is 0.740. The summed E-state index contributed by atoms with van der Waals surface area (Å²) in [5.41, 5.74) is 0.827. The van der Waals surface area contributed by atoms with Gasteiger partial charge in [0.1, 0.15) is 12.3 Å². The van der Waals surface area contributed by atoms with Crippen LogP contribution in [0, 0.1) is 0 Å². The molecule has 0 aliphatic carbocycles. The van der Waals surface area contributed by atoms with Gasteiger partial charge in [-0.2, -0.15) is 0 Å². The third-order valence-corrected chi connectivity index (χ3v) is 5.96. The molecule has 0 N–H and O–H groups in total. The number of carbonyl (C=O) groups excluding carboxylic acids is 3. The molecule has 4 rings (SSSR count). The average Bonchev–Trinajstić information content (AvgIpc) is 3.33. The molecule has 7 heteroatoms. The summed E-state index contributed by atoms with van der Waals surface area (Å²) in [5.74, 6) is 0.162. The molecule has 28 heavy (non-hydrogen) atoms. The number of imide groups is 1. The fourth-order valence-corrected chi connectivity index (χ4v) is 4.41. The molecule has 2 aromatic rings. The normalized spacial score (nSPS) is 18.5. The number of hydrogen-bond donors (Lipinski definition) is 0. The Morgan fingerprint density at radius 3 is 2.54 bits per heavy atom. The summed E-state index contributed by atoms with van der Waals surface area (Å²) in [5, 5.41) is 1.46. The van der Waals surface area contributed by atoms with E-state index in [2.05, 4.69) is 0 Å². The minimum atomic E-state index is -0.414. The molecular weight excluding hydrogens is 376 g/mol. The molecule has 2 aliphatic heterocycles. The summed E-state index contributed by atoms with van der Waals surface area (Å²) < 4.78 is 5.40. The minimum absolute atomic E-state index is 0.170. The largest absolute Gasteiger partial charge is 0.496 e.